The number of amides is 2. The van der Waals surface area contributed by atoms with Crippen molar-refractivity contribution in [3.8, 4) is 0 Å². The largest absolute Gasteiger partial charge is 0.322 e. The van der Waals surface area contributed by atoms with Gasteiger partial charge in [0, 0.05) is 5.25 Å². The molecular formula is C17H22N2O2S. The molecule has 3 rings (SSSR count). The van der Waals surface area contributed by atoms with Gasteiger partial charge < -0.3 is 5.32 Å². The molecule has 118 valence electrons. The van der Waals surface area contributed by atoms with E-state index in [1.165, 1.54) is 25.7 Å². The fourth-order valence-corrected chi connectivity index (χ4v) is 4.38. The minimum atomic E-state index is -0.859. The van der Waals surface area contributed by atoms with Gasteiger partial charge in [-0.25, -0.2) is 0 Å². The third-order valence-electron chi connectivity index (χ3n) is 4.50. The number of carbonyl (C=O) groups excluding carboxylic acids is 2. The topological polar surface area (TPSA) is 49.4 Å². The lowest BCUT2D eigenvalue weighted by Gasteiger charge is -2.42. The van der Waals surface area contributed by atoms with Gasteiger partial charge in [-0.1, -0.05) is 25.0 Å². The highest BCUT2D eigenvalue weighted by atomic mass is 32.2. The maximum Gasteiger partial charge on any atom is 0.250 e. The highest BCUT2D eigenvalue weighted by Crippen LogP contribution is 2.38. The minimum absolute atomic E-state index is 0.0178. The van der Waals surface area contributed by atoms with Gasteiger partial charge >= 0.3 is 0 Å². The summed E-state index contributed by atoms with van der Waals surface area (Å²) in [4.78, 5) is 26.8. The van der Waals surface area contributed by atoms with E-state index in [1.54, 1.807) is 30.5 Å². The number of benzene rings is 1. The third kappa shape index (κ3) is 2.74. The first-order valence-corrected chi connectivity index (χ1v) is 8.90. The highest BCUT2D eigenvalue weighted by Gasteiger charge is 2.43. The third-order valence-corrected chi connectivity index (χ3v) is 5.86. The summed E-state index contributed by atoms with van der Waals surface area (Å²) < 4.78 is 0. The van der Waals surface area contributed by atoms with E-state index in [4.69, 9.17) is 0 Å². The van der Waals surface area contributed by atoms with E-state index >= 15 is 0 Å². The molecule has 2 amide bonds. The van der Waals surface area contributed by atoms with Crippen molar-refractivity contribution in [1.29, 1.82) is 0 Å². The second-order valence-electron chi connectivity index (χ2n) is 6.48. The van der Waals surface area contributed by atoms with Crippen molar-refractivity contribution in [2.24, 2.45) is 0 Å². The molecule has 0 aromatic heterocycles. The zero-order valence-electron chi connectivity index (χ0n) is 13.1. The molecular weight excluding hydrogens is 296 g/mol. The molecule has 0 saturated heterocycles. The Morgan fingerprint density at radius 3 is 2.73 bits per heavy atom. The van der Waals surface area contributed by atoms with Crippen LogP contribution in [0, 0.1) is 0 Å². The molecule has 0 unspecified atom stereocenters. The zero-order chi connectivity index (χ0) is 15.7. The number of anilines is 2. The quantitative estimate of drug-likeness (QED) is 0.929. The van der Waals surface area contributed by atoms with E-state index in [0.29, 0.717) is 16.7 Å². The summed E-state index contributed by atoms with van der Waals surface area (Å²) in [6.45, 7) is 3.60. The van der Waals surface area contributed by atoms with E-state index < -0.39 is 5.54 Å². The second-order valence-corrected chi connectivity index (χ2v) is 7.77. The maximum atomic E-state index is 12.8. The van der Waals surface area contributed by atoms with Crippen molar-refractivity contribution in [2.45, 2.75) is 50.3 Å². The molecule has 0 atom stereocenters. The molecule has 0 spiro atoms. The fraction of sp³-hybridized carbons (Fsp3) is 0.529. The molecule has 1 aliphatic carbocycles. The lowest BCUT2D eigenvalue weighted by molar-refractivity contribution is -0.125. The van der Waals surface area contributed by atoms with Crippen molar-refractivity contribution < 1.29 is 9.59 Å². The smallest absolute Gasteiger partial charge is 0.250 e. The van der Waals surface area contributed by atoms with Crippen LogP contribution in [0.25, 0.3) is 0 Å². The Balaban J connectivity index is 1.82. The predicted molar refractivity (Wildman–Crippen MR) is 91.4 cm³/mol. The number of hydrogen-bond donors (Lipinski definition) is 1. The number of fused-ring (bicyclic) bond motifs is 1. The SMILES string of the molecule is CC1(C)C(=O)Nc2ccccc2N1C(=O)CSC1CCCC1. The normalized spacial score (nSPS) is 20.6. The van der Waals surface area contributed by atoms with Crippen LogP contribution in [0.15, 0.2) is 24.3 Å². The Labute approximate surface area is 135 Å². The molecule has 1 N–H and O–H groups in total. The first-order chi connectivity index (χ1) is 10.5. The van der Waals surface area contributed by atoms with Crippen molar-refractivity contribution >= 4 is 35.0 Å². The number of hydrogen-bond acceptors (Lipinski definition) is 3. The van der Waals surface area contributed by atoms with Gasteiger partial charge in [-0.2, -0.15) is 0 Å². The van der Waals surface area contributed by atoms with Crippen molar-refractivity contribution in [2.75, 3.05) is 16.0 Å². The van der Waals surface area contributed by atoms with E-state index in [2.05, 4.69) is 5.32 Å². The van der Waals surface area contributed by atoms with Crippen LogP contribution in [0.4, 0.5) is 11.4 Å². The van der Waals surface area contributed by atoms with E-state index in [9.17, 15) is 9.59 Å². The standard InChI is InChI=1S/C17H22N2O2S/c1-17(2)16(21)18-13-9-5-6-10-14(13)19(17)15(20)11-22-12-7-3-4-8-12/h5-6,9-10,12H,3-4,7-8,11H2,1-2H3,(H,18,21). The number of rotatable bonds is 3. The van der Waals surface area contributed by atoms with Gasteiger partial charge in [-0.3, -0.25) is 14.5 Å². The number of nitrogens with zero attached hydrogens (tertiary/aromatic N) is 1. The molecule has 1 saturated carbocycles. The molecule has 0 bridgehead atoms. The Morgan fingerprint density at radius 2 is 2.00 bits per heavy atom. The first-order valence-electron chi connectivity index (χ1n) is 7.85. The average molecular weight is 318 g/mol. The lowest BCUT2D eigenvalue weighted by atomic mass is 9.96. The van der Waals surface area contributed by atoms with Crippen LogP contribution in [0.2, 0.25) is 0 Å². The van der Waals surface area contributed by atoms with Crippen LogP contribution >= 0.6 is 11.8 Å². The number of para-hydroxylation sites is 2. The van der Waals surface area contributed by atoms with Crippen LogP contribution < -0.4 is 10.2 Å². The van der Waals surface area contributed by atoms with E-state index in [-0.39, 0.29) is 11.8 Å². The summed E-state index contributed by atoms with van der Waals surface area (Å²) in [5.74, 6) is 0.324. The average Bonchev–Trinajstić information content (AvgIpc) is 2.99. The van der Waals surface area contributed by atoms with Crippen LogP contribution in [-0.4, -0.2) is 28.4 Å². The van der Waals surface area contributed by atoms with Crippen LogP contribution in [0.1, 0.15) is 39.5 Å². The van der Waals surface area contributed by atoms with Crippen LogP contribution in [0.3, 0.4) is 0 Å². The molecule has 2 aliphatic rings. The summed E-state index contributed by atoms with van der Waals surface area (Å²) in [6.07, 6.45) is 4.95. The Bertz CT molecular complexity index is 594. The van der Waals surface area contributed by atoms with Gasteiger partial charge in [0.25, 0.3) is 0 Å². The molecule has 22 heavy (non-hydrogen) atoms. The van der Waals surface area contributed by atoms with Crippen molar-refractivity contribution in [3.63, 3.8) is 0 Å². The van der Waals surface area contributed by atoms with Gasteiger partial charge in [-0.15, -0.1) is 11.8 Å². The number of nitrogens with one attached hydrogen (secondary N) is 1. The van der Waals surface area contributed by atoms with Gasteiger partial charge in [0.2, 0.25) is 11.8 Å². The molecule has 1 aliphatic heterocycles. The summed E-state index contributed by atoms with van der Waals surface area (Å²) in [7, 11) is 0. The minimum Gasteiger partial charge on any atom is -0.322 e. The summed E-state index contributed by atoms with van der Waals surface area (Å²) >= 11 is 1.74. The Morgan fingerprint density at radius 1 is 1.32 bits per heavy atom. The fourth-order valence-electron chi connectivity index (χ4n) is 3.21. The van der Waals surface area contributed by atoms with Crippen LogP contribution in [0.5, 0.6) is 0 Å². The van der Waals surface area contributed by atoms with E-state index in [1.807, 2.05) is 24.3 Å². The zero-order valence-corrected chi connectivity index (χ0v) is 13.9. The molecule has 1 heterocycles. The van der Waals surface area contributed by atoms with Crippen molar-refractivity contribution in [3.05, 3.63) is 24.3 Å². The van der Waals surface area contributed by atoms with Gasteiger partial charge in [0.15, 0.2) is 0 Å². The number of thioether (sulfide) groups is 1. The summed E-state index contributed by atoms with van der Waals surface area (Å²) in [6, 6.07) is 7.51. The molecule has 4 nitrogen and oxygen atoms in total. The predicted octanol–water partition coefficient (Wildman–Crippen LogP) is 3.43. The van der Waals surface area contributed by atoms with Gasteiger partial charge in [0.1, 0.15) is 5.54 Å². The summed E-state index contributed by atoms with van der Waals surface area (Å²) in [5.41, 5.74) is 0.650. The summed E-state index contributed by atoms with van der Waals surface area (Å²) in [5, 5.41) is 3.49. The molecule has 1 aromatic carbocycles. The Hall–Kier alpha value is -1.49. The number of carbonyl (C=O) groups is 2. The monoisotopic (exact) mass is 318 g/mol. The molecule has 1 aromatic rings. The second kappa shape index (κ2) is 5.95. The van der Waals surface area contributed by atoms with E-state index in [0.717, 1.165) is 5.69 Å². The lowest BCUT2D eigenvalue weighted by Crippen LogP contribution is -2.59. The van der Waals surface area contributed by atoms with Gasteiger partial charge in [-0.05, 0) is 38.8 Å². The maximum absolute atomic E-state index is 12.8. The van der Waals surface area contributed by atoms with Gasteiger partial charge in [0.05, 0.1) is 17.1 Å². The van der Waals surface area contributed by atoms with Crippen molar-refractivity contribution in [1.82, 2.24) is 0 Å². The molecule has 1 fully saturated rings. The first kappa shape index (κ1) is 15.4. The van der Waals surface area contributed by atoms with Crippen LogP contribution in [-0.2, 0) is 9.59 Å². The molecule has 0 radical (unpaired) electrons. The highest BCUT2D eigenvalue weighted by molar-refractivity contribution is 8.00. The molecule has 5 heteroatoms. The Kier molecular flexibility index (Phi) is 4.17.